The van der Waals surface area contributed by atoms with Gasteiger partial charge < -0.3 is 23.9 Å². The van der Waals surface area contributed by atoms with Crippen molar-refractivity contribution in [3.8, 4) is 0 Å². The van der Waals surface area contributed by atoms with E-state index in [1.54, 1.807) is 18.8 Å². The Morgan fingerprint density at radius 3 is 2.30 bits per heavy atom. The fraction of sp³-hybridized carbons (Fsp3) is 0.857. The van der Waals surface area contributed by atoms with Crippen LogP contribution in [0.2, 0.25) is 0 Å². The number of nitrogens with zero attached hydrogens (tertiary/aromatic N) is 2. The molecule has 3 fully saturated rings. The molecule has 9 unspecified atom stereocenters. The number of hydrogen-bond donors (Lipinski definition) is 2. The third-order valence-electron chi connectivity index (χ3n) is 9.42. The summed E-state index contributed by atoms with van der Waals surface area (Å²) in [7, 11) is 5.30. The van der Waals surface area contributed by atoms with E-state index in [-0.39, 0.29) is 54.1 Å². The van der Waals surface area contributed by atoms with Gasteiger partial charge in [-0.05, 0) is 74.5 Å². The number of aryl methyl sites for hydroxylation is 1. The summed E-state index contributed by atoms with van der Waals surface area (Å²) in [6, 6.07) is 0. The van der Waals surface area contributed by atoms with Gasteiger partial charge in [-0.25, -0.2) is 8.78 Å². The number of carbonyl (C=O) groups is 1. The van der Waals surface area contributed by atoms with Gasteiger partial charge in [-0.2, -0.15) is 0 Å². The van der Waals surface area contributed by atoms with Gasteiger partial charge in [0.05, 0.1) is 12.2 Å². The standard InChI is InChI=1S/C28H46F2N4O3/c1-17-7-22(29)13-25(30)26(17)20-8-19(16-34-6-5-33(2)28(34)31)9-21(12-20)27(35)32-15-18-10-23(36-3)14-24(11-18)37-4/h5-6,17-26,31H,7-16H2,1-4H3,(H,32,35). The molecule has 9 atom stereocenters. The van der Waals surface area contributed by atoms with Crippen molar-refractivity contribution in [2.75, 3.05) is 20.8 Å². The minimum absolute atomic E-state index is 0.0274. The lowest BCUT2D eigenvalue weighted by atomic mass is 9.63. The van der Waals surface area contributed by atoms with Gasteiger partial charge in [-0.3, -0.25) is 10.2 Å². The molecule has 0 aliphatic heterocycles. The Bertz CT molecular complexity index is 928. The van der Waals surface area contributed by atoms with E-state index in [2.05, 4.69) is 5.32 Å². The van der Waals surface area contributed by atoms with Gasteiger partial charge in [0.15, 0.2) is 0 Å². The minimum atomic E-state index is -1.17. The van der Waals surface area contributed by atoms with Crippen LogP contribution in [0.4, 0.5) is 8.78 Å². The Morgan fingerprint density at radius 1 is 1.00 bits per heavy atom. The predicted molar refractivity (Wildman–Crippen MR) is 137 cm³/mol. The molecule has 3 aliphatic rings. The summed E-state index contributed by atoms with van der Waals surface area (Å²) < 4.78 is 44.1. The molecule has 3 aliphatic carbocycles. The monoisotopic (exact) mass is 524 g/mol. The summed E-state index contributed by atoms with van der Waals surface area (Å²) in [5.41, 5.74) is 0.412. The van der Waals surface area contributed by atoms with Gasteiger partial charge in [-0.15, -0.1) is 0 Å². The summed E-state index contributed by atoms with van der Waals surface area (Å²) in [6.45, 7) is 3.19. The second-order valence-electron chi connectivity index (χ2n) is 12.1. The highest BCUT2D eigenvalue weighted by Crippen LogP contribution is 2.46. The maximum atomic E-state index is 15.2. The van der Waals surface area contributed by atoms with Crippen molar-refractivity contribution in [3.05, 3.63) is 18.0 Å². The van der Waals surface area contributed by atoms with Crippen LogP contribution in [-0.4, -0.2) is 60.4 Å². The van der Waals surface area contributed by atoms with Crippen LogP contribution in [0.3, 0.4) is 0 Å². The normalized spacial score (nSPS) is 38.9. The van der Waals surface area contributed by atoms with Crippen molar-refractivity contribution in [2.45, 2.75) is 89.4 Å². The smallest absolute Gasteiger partial charge is 0.223 e. The average Bonchev–Trinajstić information content (AvgIpc) is 3.18. The van der Waals surface area contributed by atoms with Crippen LogP contribution < -0.4 is 10.9 Å². The molecule has 3 saturated carbocycles. The highest BCUT2D eigenvalue weighted by molar-refractivity contribution is 5.78. The van der Waals surface area contributed by atoms with Gasteiger partial charge in [-0.1, -0.05) is 6.92 Å². The number of nitrogens with one attached hydrogen (secondary N) is 2. The summed E-state index contributed by atoms with van der Waals surface area (Å²) in [6.07, 6.45) is 7.02. The first-order chi connectivity index (χ1) is 17.7. The number of alkyl halides is 2. The SMILES string of the molecule is COC1CC(CNC(=O)C2CC(Cn3ccn(C)c3=N)CC(C3C(C)CC(F)CC3F)C2)CC(OC)C1. The number of imidazole rings is 1. The molecule has 2 N–H and O–H groups in total. The third kappa shape index (κ3) is 6.83. The summed E-state index contributed by atoms with van der Waals surface area (Å²) in [5, 5.41) is 11.5. The van der Waals surface area contributed by atoms with Crippen LogP contribution in [0.25, 0.3) is 0 Å². The van der Waals surface area contributed by atoms with Crippen molar-refractivity contribution in [1.82, 2.24) is 14.5 Å². The second-order valence-corrected chi connectivity index (χ2v) is 12.1. The first-order valence-corrected chi connectivity index (χ1v) is 14.1. The van der Waals surface area contributed by atoms with Crippen LogP contribution in [0.1, 0.15) is 58.3 Å². The van der Waals surface area contributed by atoms with E-state index in [4.69, 9.17) is 14.9 Å². The van der Waals surface area contributed by atoms with Gasteiger partial charge >= 0.3 is 0 Å². The Kier molecular flexibility index (Phi) is 9.48. The third-order valence-corrected chi connectivity index (χ3v) is 9.42. The molecular weight excluding hydrogens is 478 g/mol. The molecule has 1 aromatic heterocycles. The van der Waals surface area contributed by atoms with Crippen LogP contribution in [0.5, 0.6) is 0 Å². The quantitative estimate of drug-likeness (QED) is 0.539. The fourth-order valence-corrected chi connectivity index (χ4v) is 7.55. The number of carbonyl (C=O) groups excluding carboxylic acids is 1. The summed E-state index contributed by atoms with van der Waals surface area (Å²) >= 11 is 0. The van der Waals surface area contributed by atoms with Crippen molar-refractivity contribution in [3.63, 3.8) is 0 Å². The molecule has 1 heterocycles. The zero-order chi connectivity index (χ0) is 26.7. The second kappa shape index (κ2) is 12.4. The summed E-state index contributed by atoms with van der Waals surface area (Å²) in [5.74, 6) is 0.0731. The number of rotatable bonds is 8. The number of methoxy groups -OCH3 is 2. The molecule has 9 heteroatoms. The molecule has 7 nitrogen and oxygen atoms in total. The summed E-state index contributed by atoms with van der Waals surface area (Å²) in [4.78, 5) is 13.5. The van der Waals surface area contributed by atoms with E-state index >= 15 is 4.39 Å². The van der Waals surface area contributed by atoms with E-state index in [1.807, 2.05) is 30.9 Å². The maximum Gasteiger partial charge on any atom is 0.223 e. The Labute approximate surface area is 219 Å². The molecule has 0 bridgehead atoms. The molecule has 0 saturated heterocycles. The highest BCUT2D eigenvalue weighted by Gasteiger charge is 2.45. The predicted octanol–water partition coefficient (Wildman–Crippen LogP) is 4.01. The molecule has 4 rings (SSSR count). The Hall–Kier alpha value is -1.74. The number of hydrogen-bond acceptors (Lipinski definition) is 4. The van der Waals surface area contributed by atoms with Gasteiger partial charge in [0.2, 0.25) is 11.5 Å². The maximum absolute atomic E-state index is 15.2. The number of ether oxygens (including phenoxy) is 2. The molecule has 0 aromatic carbocycles. The molecule has 1 amide bonds. The van der Waals surface area contributed by atoms with E-state index in [1.165, 1.54) is 0 Å². The highest BCUT2D eigenvalue weighted by atomic mass is 19.1. The largest absolute Gasteiger partial charge is 0.381 e. The Morgan fingerprint density at radius 2 is 1.70 bits per heavy atom. The zero-order valence-electron chi connectivity index (χ0n) is 22.9. The van der Waals surface area contributed by atoms with E-state index in [9.17, 15) is 9.18 Å². The molecular formula is C28H46F2N4O3. The van der Waals surface area contributed by atoms with Gasteiger partial charge in [0.25, 0.3) is 0 Å². The van der Waals surface area contributed by atoms with Crippen molar-refractivity contribution in [1.29, 1.82) is 5.41 Å². The van der Waals surface area contributed by atoms with Crippen molar-refractivity contribution >= 4 is 5.91 Å². The lowest BCUT2D eigenvalue weighted by Crippen LogP contribution is -2.45. The Balaban J connectivity index is 1.45. The van der Waals surface area contributed by atoms with Crippen LogP contribution >= 0.6 is 0 Å². The lowest BCUT2D eigenvalue weighted by Gasteiger charge is -2.44. The first-order valence-electron chi connectivity index (χ1n) is 14.1. The molecule has 0 spiro atoms. The van der Waals surface area contributed by atoms with E-state index in [0.717, 1.165) is 32.1 Å². The lowest BCUT2D eigenvalue weighted by molar-refractivity contribution is -0.129. The average molecular weight is 525 g/mol. The molecule has 1 aromatic rings. The number of amides is 1. The first kappa shape index (κ1) is 28.3. The van der Waals surface area contributed by atoms with Crippen LogP contribution in [0, 0.1) is 40.9 Å². The topological polar surface area (TPSA) is 81.3 Å². The van der Waals surface area contributed by atoms with E-state index < -0.39 is 12.3 Å². The molecule has 0 radical (unpaired) electrons. The van der Waals surface area contributed by atoms with Gasteiger partial charge in [0, 0.05) is 59.1 Å². The number of halogens is 2. The number of aromatic nitrogens is 2. The van der Waals surface area contributed by atoms with Crippen LogP contribution in [0.15, 0.2) is 12.4 Å². The minimum Gasteiger partial charge on any atom is -0.381 e. The van der Waals surface area contributed by atoms with Crippen molar-refractivity contribution < 1.29 is 23.0 Å². The van der Waals surface area contributed by atoms with Gasteiger partial charge in [0.1, 0.15) is 12.3 Å². The van der Waals surface area contributed by atoms with Crippen molar-refractivity contribution in [2.24, 2.45) is 42.6 Å². The molecule has 210 valence electrons. The molecule has 37 heavy (non-hydrogen) atoms. The van der Waals surface area contributed by atoms with Crippen LogP contribution in [-0.2, 0) is 27.9 Å². The zero-order valence-corrected chi connectivity index (χ0v) is 22.9. The van der Waals surface area contributed by atoms with E-state index in [0.29, 0.717) is 37.5 Å². The fourth-order valence-electron chi connectivity index (χ4n) is 7.55.